The van der Waals surface area contributed by atoms with E-state index in [-0.39, 0.29) is 17.3 Å². The van der Waals surface area contributed by atoms with Crippen LogP contribution in [0.4, 0.5) is 24.9 Å². The van der Waals surface area contributed by atoms with Crippen LogP contribution < -0.4 is 10.6 Å². The van der Waals surface area contributed by atoms with Crippen LogP contribution in [0.2, 0.25) is 0 Å². The number of hydrogen-bond donors (Lipinski definition) is 2. The van der Waals surface area contributed by atoms with Crippen LogP contribution in [0.3, 0.4) is 0 Å². The van der Waals surface area contributed by atoms with Crippen LogP contribution >= 0.6 is 0 Å². The Balaban J connectivity index is 2.96. The Bertz CT molecular complexity index is 457. The van der Waals surface area contributed by atoms with Crippen LogP contribution in [0, 0.1) is 0 Å². The number of nitrogens with zero attached hydrogens (tertiary/aromatic N) is 3. The molecule has 0 saturated carbocycles. The van der Waals surface area contributed by atoms with Gasteiger partial charge in [-0.2, -0.15) is 18.2 Å². The molecule has 0 saturated heterocycles. The molecule has 0 aliphatic carbocycles. The Morgan fingerprint density at radius 2 is 1.80 bits per heavy atom. The van der Waals surface area contributed by atoms with E-state index in [1.54, 1.807) is 0 Å². The highest BCUT2D eigenvalue weighted by atomic mass is 19.4. The Morgan fingerprint density at radius 1 is 1.20 bits per heavy atom. The summed E-state index contributed by atoms with van der Waals surface area (Å²) in [4.78, 5) is 9.36. The van der Waals surface area contributed by atoms with Gasteiger partial charge in [0.15, 0.2) is 5.69 Å². The SMILES string of the molecule is CNc1nc(NCC(C)(C)N(C)C)cc(C(F)(F)F)n1. The summed E-state index contributed by atoms with van der Waals surface area (Å²) in [6, 6.07) is 0.909. The minimum atomic E-state index is -4.50. The molecule has 5 nitrogen and oxygen atoms in total. The summed E-state index contributed by atoms with van der Waals surface area (Å²) >= 11 is 0. The second-order valence-corrected chi connectivity index (χ2v) is 5.27. The predicted molar refractivity (Wildman–Crippen MR) is 72.8 cm³/mol. The number of rotatable bonds is 5. The van der Waals surface area contributed by atoms with Gasteiger partial charge in [-0.25, -0.2) is 4.98 Å². The minimum absolute atomic E-state index is 0.0648. The molecule has 20 heavy (non-hydrogen) atoms. The van der Waals surface area contributed by atoms with E-state index in [2.05, 4.69) is 20.6 Å². The molecule has 1 aromatic heterocycles. The lowest BCUT2D eigenvalue weighted by Gasteiger charge is -2.32. The van der Waals surface area contributed by atoms with Crippen LogP contribution in [0.15, 0.2) is 6.07 Å². The summed E-state index contributed by atoms with van der Waals surface area (Å²) < 4.78 is 38.2. The molecule has 1 rings (SSSR count). The number of aromatic nitrogens is 2. The maximum Gasteiger partial charge on any atom is 0.433 e. The zero-order chi connectivity index (χ0) is 15.6. The molecule has 0 fully saturated rings. The lowest BCUT2D eigenvalue weighted by atomic mass is 10.0. The van der Waals surface area contributed by atoms with E-state index in [1.807, 2.05) is 32.8 Å². The lowest BCUT2D eigenvalue weighted by Crippen LogP contribution is -2.44. The molecule has 8 heteroatoms. The Labute approximate surface area is 116 Å². The normalized spacial score (nSPS) is 12.7. The lowest BCUT2D eigenvalue weighted by molar-refractivity contribution is -0.141. The number of likely N-dealkylation sites (N-methyl/N-ethyl adjacent to an activating group) is 1. The fourth-order valence-electron chi connectivity index (χ4n) is 1.26. The van der Waals surface area contributed by atoms with Crippen molar-refractivity contribution in [1.29, 1.82) is 0 Å². The van der Waals surface area contributed by atoms with Crippen molar-refractivity contribution in [2.24, 2.45) is 0 Å². The quantitative estimate of drug-likeness (QED) is 0.872. The monoisotopic (exact) mass is 291 g/mol. The van der Waals surface area contributed by atoms with E-state index in [0.717, 1.165) is 6.07 Å². The summed E-state index contributed by atoms with van der Waals surface area (Å²) in [5.41, 5.74) is -1.19. The van der Waals surface area contributed by atoms with Crippen LogP contribution in [0.5, 0.6) is 0 Å². The minimum Gasteiger partial charge on any atom is -0.368 e. The molecule has 0 unspecified atom stereocenters. The van der Waals surface area contributed by atoms with Gasteiger partial charge >= 0.3 is 6.18 Å². The van der Waals surface area contributed by atoms with Gasteiger partial charge in [0.05, 0.1) is 0 Å². The molecule has 0 aromatic carbocycles. The Morgan fingerprint density at radius 3 is 2.25 bits per heavy atom. The average molecular weight is 291 g/mol. The summed E-state index contributed by atoms with van der Waals surface area (Å²) in [6.45, 7) is 4.41. The number of nitrogens with one attached hydrogen (secondary N) is 2. The van der Waals surface area contributed by atoms with E-state index < -0.39 is 11.9 Å². The zero-order valence-electron chi connectivity index (χ0n) is 12.3. The van der Waals surface area contributed by atoms with Gasteiger partial charge in [0.1, 0.15) is 5.82 Å². The number of halogens is 3. The summed E-state index contributed by atoms with van der Waals surface area (Å²) in [5, 5.41) is 5.45. The molecule has 2 N–H and O–H groups in total. The van der Waals surface area contributed by atoms with Crippen molar-refractivity contribution >= 4 is 11.8 Å². The van der Waals surface area contributed by atoms with Crippen LogP contribution in [0.25, 0.3) is 0 Å². The first-order chi connectivity index (χ1) is 9.06. The smallest absolute Gasteiger partial charge is 0.368 e. The first-order valence-electron chi connectivity index (χ1n) is 6.11. The van der Waals surface area contributed by atoms with Crippen molar-refractivity contribution in [1.82, 2.24) is 14.9 Å². The van der Waals surface area contributed by atoms with Gasteiger partial charge in [-0.15, -0.1) is 0 Å². The molecule has 0 bridgehead atoms. The van der Waals surface area contributed by atoms with E-state index in [9.17, 15) is 13.2 Å². The zero-order valence-corrected chi connectivity index (χ0v) is 12.3. The first-order valence-corrected chi connectivity index (χ1v) is 6.11. The molecule has 0 radical (unpaired) electrons. The van der Waals surface area contributed by atoms with Crippen LogP contribution in [-0.2, 0) is 6.18 Å². The molecule has 114 valence electrons. The van der Waals surface area contributed by atoms with Crippen molar-refractivity contribution in [3.8, 4) is 0 Å². The van der Waals surface area contributed by atoms with E-state index >= 15 is 0 Å². The average Bonchev–Trinajstić information content (AvgIpc) is 2.34. The number of hydrogen-bond acceptors (Lipinski definition) is 5. The molecular weight excluding hydrogens is 271 g/mol. The second-order valence-electron chi connectivity index (χ2n) is 5.27. The topological polar surface area (TPSA) is 53.1 Å². The van der Waals surface area contributed by atoms with Gasteiger partial charge in [0, 0.05) is 25.2 Å². The highest BCUT2D eigenvalue weighted by Crippen LogP contribution is 2.29. The third-order valence-electron chi connectivity index (χ3n) is 3.15. The summed E-state index contributed by atoms with van der Waals surface area (Å²) in [7, 11) is 5.28. The van der Waals surface area contributed by atoms with E-state index in [0.29, 0.717) is 6.54 Å². The summed E-state index contributed by atoms with van der Waals surface area (Å²) in [6.07, 6.45) is -4.50. The fourth-order valence-corrected chi connectivity index (χ4v) is 1.26. The Hall–Kier alpha value is -1.57. The van der Waals surface area contributed by atoms with E-state index in [4.69, 9.17) is 0 Å². The van der Waals surface area contributed by atoms with Crippen molar-refractivity contribution in [2.75, 3.05) is 38.3 Å². The van der Waals surface area contributed by atoms with Crippen LogP contribution in [0.1, 0.15) is 19.5 Å². The largest absolute Gasteiger partial charge is 0.433 e. The second kappa shape index (κ2) is 5.82. The Kier molecular flexibility index (Phi) is 4.80. The molecule has 0 amide bonds. The first kappa shape index (κ1) is 16.5. The molecule has 1 aromatic rings. The molecule has 0 aliphatic heterocycles. The van der Waals surface area contributed by atoms with Crippen molar-refractivity contribution in [3.05, 3.63) is 11.8 Å². The van der Waals surface area contributed by atoms with Crippen molar-refractivity contribution in [2.45, 2.75) is 25.6 Å². The van der Waals surface area contributed by atoms with E-state index in [1.165, 1.54) is 7.05 Å². The van der Waals surface area contributed by atoms with Gasteiger partial charge < -0.3 is 15.5 Å². The van der Waals surface area contributed by atoms with Crippen molar-refractivity contribution < 1.29 is 13.2 Å². The molecular formula is C12H20F3N5. The maximum atomic E-state index is 12.7. The fraction of sp³-hybridized carbons (Fsp3) is 0.667. The molecule has 1 heterocycles. The number of alkyl halides is 3. The highest BCUT2D eigenvalue weighted by Gasteiger charge is 2.33. The standard InChI is InChI=1S/C12H20F3N5/c1-11(2,20(4)5)7-17-9-6-8(12(13,14)15)18-10(16-3)19-9/h6H,7H2,1-5H3,(H2,16,17,18,19). The van der Waals surface area contributed by atoms with Crippen LogP contribution in [-0.4, -0.2) is 48.1 Å². The van der Waals surface area contributed by atoms with Crippen molar-refractivity contribution in [3.63, 3.8) is 0 Å². The third-order valence-corrected chi connectivity index (χ3v) is 3.15. The van der Waals surface area contributed by atoms with Gasteiger partial charge in [-0.1, -0.05) is 0 Å². The highest BCUT2D eigenvalue weighted by molar-refractivity contribution is 5.43. The van der Waals surface area contributed by atoms with Gasteiger partial charge in [0.25, 0.3) is 0 Å². The third kappa shape index (κ3) is 4.22. The molecule has 0 spiro atoms. The molecule has 0 aliphatic rings. The number of anilines is 2. The van der Waals surface area contributed by atoms with Gasteiger partial charge in [0.2, 0.25) is 5.95 Å². The maximum absolute atomic E-state index is 12.7. The van der Waals surface area contributed by atoms with Gasteiger partial charge in [-0.05, 0) is 27.9 Å². The summed E-state index contributed by atoms with van der Waals surface area (Å²) in [5.74, 6) is 0.0802. The predicted octanol–water partition coefficient (Wildman–Crippen LogP) is 2.29. The van der Waals surface area contributed by atoms with Gasteiger partial charge in [-0.3, -0.25) is 0 Å². The molecule has 0 atom stereocenters.